The van der Waals surface area contributed by atoms with E-state index in [0.29, 0.717) is 29.5 Å². The number of furan rings is 1. The Labute approximate surface area is 195 Å². The Balaban J connectivity index is 1.48. The van der Waals surface area contributed by atoms with Crippen LogP contribution in [0.25, 0.3) is 0 Å². The van der Waals surface area contributed by atoms with E-state index in [9.17, 15) is 13.2 Å². The maximum atomic E-state index is 13.0. The van der Waals surface area contributed by atoms with E-state index in [1.807, 2.05) is 17.5 Å². The number of thiophene rings is 1. The van der Waals surface area contributed by atoms with Gasteiger partial charge in [-0.1, -0.05) is 18.2 Å². The van der Waals surface area contributed by atoms with Gasteiger partial charge in [-0.05, 0) is 65.5 Å². The summed E-state index contributed by atoms with van der Waals surface area (Å²) in [5.41, 5.74) is 0.820. The normalized spacial score (nSPS) is 11.2. The number of methoxy groups -OCH3 is 1. The number of benzene rings is 2. The first-order valence-corrected chi connectivity index (χ1v) is 12.3. The molecule has 0 radical (unpaired) electrons. The van der Waals surface area contributed by atoms with Gasteiger partial charge in [0.25, 0.3) is 5.91 Å². The van der Waals surface area contributed by atoms with Crippen LogP contribution in [0, 0.1) is 0 Å². The summed E-state index contributed by atoms with van der Waals surface area (Å²) in [5.74, 6) is 1.29. The third-order valence-electron chi connectivity index (χ3n) is 4.80. The standard InChI is InChI=1S/C24H21NO6S2/c1-29-19-10-12-22(13-11-19)33(27,28)31-20-8-6-18(7-9-20)16-25(17-21-4-2-14-30-21)24(26)23-5-3-15-32-23/h2-15H,16-17H2,1H3. The van der Waals surface area contributed by atoms with Crippen LogP contribution in [0.2, 0.25) is 0 Å². The van der Waals surface area contributed by atoms with Crippen molar-refractivity contribution in [2.75, 3.05) is 7.11 Å². The Morgan fingerprint density at radius 1 is 0.939 bits per heavy atom. The fourth-order valence-electron chi connectivity index (χ4n) is 3.13. The minimum Gasteiger partial charge on any atom is -0.497 e. The molecule has 0 unspecified atom stereocenters. The van der Waals surface area contributed by atoms with E-state index in [1.54, 1.807) is 59.7 Å². The Hall–Kier alpha value is -3.56. The Morgan fingerprint density at radius 3 is 2.27 bits per heavy atom. The van der Waals surface area contributed by atoms with E-state index in [4.69, 9.17) is 13.3 Å². The number of ether oxygens (including phenoxy) is 1. The highest BCUT2D eigenvalue weighted by Gasteiger charge is 2.20. The second-order valence-electron chi connectivity index (χ2n) is 7.07. The van der Waals surface area contributed by atoms with Gasteiger partial charge in [0, 0.05) is 6.54 Å². The Bertz CT molecular complexity index is 1280. The van der Waals surface area contributed by atoms with Crippen molar-refractivity contribution in [1.82, 2.24) is 4.90 Å². The van der Waals surface area contributed by atoms with Gasteiger partial charge in [0.1, 0.15) is 22.2 Å². The summed E-state index contributed by atoms with van der Waals surface area (Å²) in [5, 5.41) is 1.85. The predicted molar refractivity (Wildman–Crippen MR) is 124 cm³/mol. The fraction of sp³-hybridized carbons (Fsp3) is 0.125. The van der Waals surface area contributed by atoms with E-state index < -0.39 is 10.1 Å². The zero-order chi connectivity index (χ0) is 23.3. The van der Waals surface area contributed by atoms with Crippen molar-refractivity contribution in [2.45, 2.75) is 18.0 Å². The van der Waals surface area contributed by atoms with Crippen molar-refractivity contribution in [3.63, 3.8) is 0 Å². The predicted octanol–water partition coefficient (Wildman–Crippen LogP) is 4.96. The number of carbonyl (C=O) groups excluding carboxylic acids is 1. The van der Waals surface area contributed by atoms with Gasteiger partial charge in [0.2, 0.25) is 0 Å². The fourth-order valence-corrected chi connectivity index (χ4v) is 4.76. The summed E-state index contributed by atoms with van der Waals surface area (Å²) in [6.07, 6.45) is 1.57. The molecule has 0 atom stereocenters. The topological polar surface area (TPSA) is 86.1 Å². The lowest BCUT2D eigenvalue weighted by Gasteiger charge is -2.21. The minimum absolute atomic E-state index is 0.0264. The molecule has 4 rings (SSSR count). The van der Waals surface area contributed by atoms with Crippen LogP contribution >= 0.6 is 11.3 Å². The van der Waals surface area contributed by atoms with Crippen LogP contribution in [0.4, 0.5) is 0 Å². The van der Waals surface area contributed by atoms with Crippen molar-refractivity contribution in [2.24, 2.45) is 0 Å². The van der Waals surface area contributed by atoms with Crippen LogP contribution in [0.15, 0.2) is 93.8 Å². The molecule has 0 bridgehead atoms. The molecule has 0 aliphatic heterocycles. The number of carbonyl (C=O) groups is 1. The lowest BCUT2D eigenvalue weighted by Crippen LogP contribution is -2.29. The van der Waals surface area contributed by atoms with Gasteiger partial charge in [-0.25, -0.2) is 0 Å². The lowest BCUT2D eigenvalue weighted by atomic mass is 10.2. The van der Waals surface area contributed by atoms with Gasteiger partial charge in [-0.3, -0.25) is 4.79 Å². The molecule has 1 amide bonds. The molecule has 0 spiro atoms. The summed E-state index contributed by atoms with van der Waals surface area (Å²) < 4.78 is 40.8. The highest BCUT2D eigenvalue weighted by molar-refractivity contribution is 7.87. The molecule has 2 aromatic carbocycles. The average Bonchev–Trinajstić information content (AvgIpc) is 3.54. The molecule has 170 valence electrons. The zero-order valence-corrected chi connectivity index (χ0v) is 19.3. The summed E-state index contributed by atoms with van der Waals surface area (Å²) in [4.78, 5) is 15.3. The number of hydrogen-bond donors (Lipinski definition) is 0. The van der Waals surface area contributed by atoms with Crippen molar-refractivity contribution in [3.05, 3.63) is 101 Å². The van der Waals surface area contributed by atoms with E-state index in [0.717, 1.165) is 5.56 Å². The van der Waals surface area contributed by atoms with E-state index in [1.165, 1.54) is 30.6 Å². The van der Waals surface area contributed by atoms with Crippen LogP contribution in [-0.4, -0.2) is 26.3 Å². The maximum absolute atomic E-state index is 13.0. The van der Waals surface area contributed by atoms with Crippen LogP contribution in [0.1, 0.15) is 21.0 Å². The number of nitrogens with zero attached hydrogens (tertiary/aromatic N) is 1. The summed E-state index contributed by atoms with van der Waals surface area (Å²) in [6, 6.07) is 19.8. The molecule has 4 aromatic rings. The largest absolute Gasteiger partial charge is 0.497 e. The summed E-state index contributed by atoms with van der Waals surface area (Å²) in [7, 11) is -2.48. The van der Waals surface area contributed by atoms with Gasteiger partial charge in [0.05, 0.1) is 24.8 Å². The molecule has 0 N–H and O–H groups in total. The van der Waals surface area contributed by atoms with Crippen LogP contribution in [0.5, 0.6) is 11.5 Å². The van der Waals surface area contributed by atoms with Crippen molar-refractivity contribution in [1.29, 1.82) is 0 Å². The number of hydrogen-bond acceptors (Lipinski definition) is 7. The second-order valence-corrected chi connectivity index (χ2v) is 9.57. The molecule has 2 aromatic heterocycles. The second kappa shape index (κ2) is 9.93. The van der Waals surface area contributed by atoms with Gasteiger partial charge < -0.3 is 18.2 Å². The molecular formula is C24H21NO6S2. The first-order valence-electron chi connectivity index (χ1n) is 9.97. The SMILES string of the molecule is COc1ccc(S(=O)(=O)Oc2ccc(CN(Cc3ccco3)C(=O)c3cccs3)cc2)cc1. The molecule has 0 saturated heterocycles. The quantitative estimate of drug-likeness (QED) is 0.313. The molecule has 0 aliphatic carbocycles. The van der Waals surface area contributed by atoms with E-state index in [-0.39, 0.29) is 16.6 Å². The third kappa shape index (κ3) is 5.63. The number of amides is 1. The van der Waals surface area contributed by atoms with Gasteiger partial charge in [0.15, 0.2) is 0 Å². The molecule has 0 saturated carbocycles. The Morgan fingerprint density at radius 2 is 1.67 bits per heavy atom. The molecule has 33 heavy (non-hydrogen) atoms. The van der Waals surface area contributed by atoms with Crippen LogP contribution in [-0.2, 0) is 23.2 Å². The first kappa shape index (κ1) is 22.6. The zero-order valence-electron chi connectivity index (χ0n) is 17.7. The van der Waals surface area contributed by atoms with Gasteiger partial charge >= 0.3 is 10.1 Å². The van der Waals surface area contributed by atoms with Crippen molar-refractivity contribution < 1.29 is 26.5 Å². The molecule has 0 aliphatic rings. The Kier molecular flexibility index (Phi) is 6.81. The maximum Gasteiger partial charge on any atom is 0.339 e. The highest BCUT2D eigenvalue weighted by atomic mass is 32.2. The van der Waals surface area contributed by atoms with E-state index in [2.05, 4.69) is 0 Å². The van der Waals surface area contributed by atoms with Crippen LogP contribution < -0.4 is 8.92 Å². The smallest absolute Gasteiger partial charge is 0.339 e. The lowest BCUT2D eigenvalue weighted by molar-refractivity contribution is 0.0722. The number of rotatable bonds is 9. The van der Waals surface area contributed by atoms with Crippen LogP contribution in [0.3, 0.4) is 0 Å². The molecule has 2 heterocycles. The molecule has 0 fully saturated rings. The van der Waals surface area contributed by atoms with Gasteiger partial charge in [-0.2, -0.15) is 8.42 Å². The van der Waals surface area contributed by atoms with E-state index >= 15 is 0 Å². The van der Waals surface area contributed by atoms with Gasteiger partial charge in [-0.15, -0.1) is 11.3 Å². The summed E-state index contributed by atoms with van der Waals surface area (Å²) in [6.45, 7) is 0.636. The monoisotopic (exact) mass is 483 g/mol. The molecule has 9 heteroatoms. The van der Waals surface area contributed by atoms with Crippen molar-refractivity contribution >= 4 is 27.4 Å². The molecular weight excluding hydrogens is 462 g/mol. The third-order valence-corrected chi connectivity index (χ3v) is 6.92. The average molecular weight is 484 g/mol. The summed E-state index contributed by atoms with van der Waals surface area (Å²) >= 11 is 1.38. The van der Waals surface area contributed by atoms with Crippen molar-refractivity contribution in [3.8, 4) is 11.5 Å². The molecule has 7 nitrogen and oxygen atoms in total. The highest BCUT2D eigenvalue weighted by Crippen LogP contribution is 2.23. The first-order chi connectivity index (χ1) is 15.9. The minimum atomic E-state index is -3.98.